The number of carbonyl (C=O) groups excluding carboxylic acids is 1. The van der Waals surface area contributed by atoms with Crippen LogP contribution >= 0.6 is 0 Å². The third kappa shape index (κ3) is 2.88. The lowest BCUT2D eigenvalue weighted by Crippen LogP contribution is -2.46. The van der Waals surface area contributed by atoms with Gasteiger partial charge in [0.15, 0.2) is 5.82 Å². The molecule has 0 atom stereocenters. The summed E-state index contributed by atoms with van der Waals surface area (Å²) in [4.78, 5) is 16.9. The molecule has 2 heterocycles. The summed E-state index contributed by atoms with van der Waals surface area (Å²) in [5.74, 6) is 0.978. The van der Waals surface area contributed by atoms with Crippen LogP contribution in [0, 0.1) is 13.8 Å². The lowest BCUT2D eigenvalue weighted by molar-refractivity contribution is 0.0838. The largest absolute Gasteiger partial charge is 0.351 e. The molecule has 22 heavy (non-hydrogen) atoms. The summed E-state index contributed by atoms with van der Waals surface area (Å²) in [6, 6.07) is 1.63. The SMILES string of the molecule is Cc1cc(C(=O)NC2(c3noc(C)n3)CCCCCC2)on1. The molecular weight excluding hydrogens is 284 g/mol. The molecule has 1 amide bonds. The highest BCUT2D eigenvalue weighted by atomic mass is 16.5. The molecule has 1 aliphatic rings. The lowest BCUT2D eigenvalue weighted by Gasteiger charge is -2.30. The molecule has 0 saturated heterocycles. The first-order valence-electron chi connectivity index (χ1n) is 7.66. The first-order chi connectivity index (χ1) is 10.6. The second-order valence-corrected chi connectivity index (χ2v) is 5.92. The van der Waals surface area contributed by atoms with Crippen molar-refractivity contribution in [1.29, 1.82) is 0 Å². The van der Waals surface area contributed by atoms with Gasteiger partial charge in [-0.25, -0.2) is 0 Å². The van der Waals surface area contributed by atoms with Gasteiger partial charge in [0.1, 0.15) is 5.54 Å². The van der Waals surface area contributed by atoms with Crippen molar-refractivity contribution in [2.75, 3.05) is 0 Å². The minimum Gasteiger partial charge on any atom is -0.351 e. The summed E-state index contributed by atoms with van der Waals surface area (Å²) < 4.78 is 10.2. The fraction of sp³-hybridized carbons (Fsp3) is 0.600. The number of amides is 1. The Hall–Kier alpha value is -2.18. The van der Waals surface area contributed by atoms with E-state index in [9.17, 15) is 4.79 Å². The van der Waals surface area contributed by atoms with Crippen LogP contribution in [-0.4, -0.2) is 21.2 Å². The molecule has 3 rings (SSSR count). The zero-order valence-electron chi connectivity index (χ0n) is 12.9. The van der Waals surface area contributed by atoms with Gasteiger partial charge in [0.2, 0.25) is 11.7 Å². The molecule has 2 aromatic heterocycles. The van der Waals surface area contributed by atoms with Gasteiger partial charge in [-0.05, 0) is 19.8 Å². The minimum atomic E-state index is -0.591. The van der Waals surface area contributed by atoms with Crippen molar-refractivity contribution in [2.45, 2.75) is 57.9 Å². The second-order valence-electron chi connectivity index (χ2n) is 5.92. The Morgan fingerprint density at radius 3 is 2.41 bits per heavy atom. The number of aromatic nitrogens is 3. The summed E-state index contributed by atoms with van der Waals surface area (Å²) in [5.41, 5.74) is 0.0851. The standard InChI is InChI=1S/C15H20N4O3/c1-10-9-12(22-18-10)13(20)17-15(7-5-3-4-6-8-15)14-16-11(2)21-19-14/h9H,3-8H2,1-2H3,(H,17,20). The van der Waals surface area contributed by atoms with Gasteiger partial charge < -0.3 is 14.4 Å². The van der Waals surface area contributed by atoms with E-state index in [0.29, 0.717) is 17.4 Å². The van der Waals surface area contributed by atoms with E-state index < -0.39 is 5.54 Å². The molecule has 0 radical (unpaired) electrons. The van der Waals surface area contributed by atoms with Crippen LogP contribution in [0.4, 0.5) is 0 Å². The topological polar surface area (TPSA) is 94.1 Å². The Kier molecular flexibility index (Phi) is 3.96. The van der Waals surface area contributed by atoms with E-state index >= 15 is 0 Å². The van der Waals surface area contributed by atoms with Gasteiger partial charge >= 0.3 is 0 Å². The maximum Gasteiger partial charge on any atom is 0.290 e. The van der Waals surface area contributed by atoms with Crippen LogP contribution in [0.5, 0.6) is 0 Å². The smallest absolute Gasteiger partial charge is 0.290 e. The van der Waals surface area contributed by atoms with Gasteiger partial charge in [-0.2, -0.15) is 4.98 Å². The van der Waals surface area contributed by atoms with Crippen molar-refractivity contribution in [3.63, 3.8) is 0 Å². The predicted molar refractivity (Wildman–Crippen MR) is 77.1 cm³/mol. The lowest BCUT2D eigenvalue weighted by atomic mass is 9.89. The zero-order valence-corrected chi connectivity index (χ0v) is 12.9. The molecule has 1 aliphatic carbocycles. The average Bonchev–Trinajstić information content (AvgIpc) is 3.04. The molecule has 0 aromatic carbocycles. The third-order valence-corrected chi connectivity index (χ3v) is 4.12. The molecule has 0 unspecified atom stereocenters. The Labute approximate surface area is 128 Å². The highest BCUT2D eigenvalue weighted by Gasteiger charge is 2.39. The van der Waals surface area contributed by atoms with E-state index in [4.69, 9.17) is 9.05 Å². The number of rotatable bonds is 3. The third-order valence-electron chi connectivity index (χ3n) is 4.12. The Bertz CT molecular complexity index is 653. The molecule has 7 heteroatoms. The van der Waals surface area contributed by atoms with Crippen LogP contribution in [0.2, 0.25) is 0 Å². The van der Waals surface area contributed by atoms with Crippen molar-refractivity contribution >= 4 is 5.91 Å². The fourth-order valence-corrected chi connectivity index (χ4v) is 2.98. The van der Waals surface area contributed by atoms with Crippen molar-refractivity contribution in [3.05, 3.63) is 29.2 Å². The van der Waals surface area contributed by atoms with Crippen LogP contribution in [-0.2, 0) is 5.54 Å². The number of hydrogen-bond acceptors (Lipinski definition) is 6. The summed E-state index contributed by atoms with van der Waals surface area (Å²) in [6.07, 6.45) is 5.92. The van der Waals surface area contributed by atoms with E-state index in [1.807, 2.05) is 0 Å². The molecule has 118 valence electrons. The highest BCUT2D eigenvalue weighted by molar-refractivity contribution is 5.92. The van der Waals surface area contributed by atoms with E-state index in [0.717, 1.165) is 38.5 Å². The van der Waals surface area contributed by atoms with Crippen molar-refractivity contribution in [3.8, 4) is 0 Å². The van der Waals surface area contributed by atoms with Crippen LogP contribution < -0.4 is 5.32 Å². The van der Waals surface area contributed by atoms with Crippen molar-refractivity contribution in [2.24, 2.45) is 0 Å². The summed E-state index contributed by atoms with van der Waals surface area (Å²) >= 11 is 0. The first-order valence-corrected chi connectivity index (χ1v) is 7.66. The normalized spacial score (nSPS) is 17.9. The van der Waals surface area contributed by atoms with E-state index in [-0.39, 0.29) is 11.7 Å². The van der Waals surface area contributed by atoms with Gasteiger partial charge in [-0.3, -0.25) is 4.79 Å². The molecule has 0 spiro atoms. The molecule has 0 aliphatic heterocycles. The molecule has 1 fully saturated rings. The van der Waals surface area contributed by atoms with Crippen LogP contribution in [0.3, 0.4) is 0 Å². The monoisotopic (exact) mass is 304 g/mol. The number of nitrogens with one attached hydrogen (secondary N) is 1. The van der Waals surface area contributed by atoms with Crippen molar-refractivity contribution < 1.29 is 13.8 Å². The van der Waals surface area contributed by atoms with E-state index in [1.54, 1.807) is 19.9 Å². The number of nitrogens with zero attached hydrogens (tertiary/aromatic N) is 3. The average molecular weight is 304 g/mol. The number of aryl methyl sites for hydroxylation is 2. The summed E-state index contributed by atoms with van der Waals surface area (Å²) in [6.45, 7) is 3.53. The van der Waals surface area contributed by atoms with Crippen LogP contribution in [0.1, 0.15) is 66.5 Å². The highest BCUT2D eigenvalue weighted by Crippen LogP contribution is 2.34. The Morgan fingerprint density at radius 2 is 1.86 bits per heavy atom. The molecule has 1 saturated carbocycles. The number of carbonyl (C=O) groups is 1. The maximum absolute atomic E-state index is 12.5. The second kappa shape index (κ2) is 5.90. The van der Waals surface area contributed by atoms with E-state index in [2.05, 4.69) is 20.6 Å². The van der Waals surface area contributed by atoms with Gasteiger partial charge in [-0.15, -0.1) is 0 Å². The van der Waals surface area contributed by atoms with Crippen LogP contribution in [0.25, 0.3) is 0 Å². The Balaban J connectivity index is 1.89. The Morgan fingerprint density at radius 1 is 1.14 bits per heavy atom. The first kappa shape index (κ1) is 14.7. The molecule has 2 aromatic rings. The van der Waals surface area contributed by atoms with Gasteiger partial charge in [-0.1, -0.05) is 36.0 Å². The predicted octanol–water partition coefficient (Wildman–Crippen LogP) is 2.65. The van der Waals surface area contributed by atoms with Gasteiger partial charge in [0.25, 0.3) is 5.91 Å². The quantitative estimate of drug-likeness (QED) is 0.876. The molecule has 7 nitrogen and oxygen atoms in total. The fourth-order valence-electron chi connectivity index (χ4n) is 2.98. The molecular formula is C15H20N4O3. The summed E-state index contributed by atoms with van der Waals surface area (Å²) in [7, 11) is 0. The molecule has 1 N–H and O–H groups in total. The maximum atomic E-state index is 12.5. The molecule has 0 bridgehead atoms. The van der Waals surface area contributed by atoms with Crippen LogP contribution in [0.15, 0.2) is 15.1 Å². The van der Waals surface area contributed by atoms with E-state index in [1.165, 1.54) is 0 Å². The van der Waals surface area contributed by atoms with Gasteiger partial charge in [0, 0.05) is 13.0 Å². The minimum absolute atomic E-state index is 0.210. The summed E-state index contributed by atoms with van der Waals surface area (Å²) in [5, 5.41) is 10.9. The van der Waals surface area contributed by atoms with Gasteiger partial charge in [0.05, 0.1) is 5.69 Å². The zero-order chi connectivity index (χ0) is 15.6. The van der Waals surface area contributed by atoms with Crippen molar-refractivity contribution in [1.82, 2.24) is 20.6 Å². The number of hydrogen-bond donors (Lipinski definition) is 1.